The van der Waals surface area contributed by atoms with Gasteiger partial charge in [0.1, 0.15) is 0 Å². The minimum absolute atomic E-state index is 0.107. The van der Waals surface area contributed by atoms with Gasteiger partial charge in [0.05, 0.1) is 10.7 Å². The highest BCUT2D eigenvalue weighted by atomic mass is 79.9. The van der Waals surface area contributed by atoms with E-state index in [1.165, 1.54) is 11.3 Å². The molecule has 1 aromatic carbocycles. The number of anilines is 1. The first-order chi connectivity index (χ1) is 12.5. The Kier molecular flexibility index (Phi) is 8.08. The summed E-state index contributed by atoms with van der Waals surface area (Å²) in [5.74, 6) is -1.16. The van der Waals surface area contributed by atoms with Crippen LogP contribution in [-0.2, 0) is 14.3 Å². The Labute approximate surface area is 168 Å². The maximum atomic E-state index is 11.8. The lowest BCUT2D eigenvalue weighted by Gasteiger charge is -2.08. The molecule has 0 bridgehead atoms. The van der Waals surface area contributed by atoms with Gasteiger partial charge in [-0.25, -0.2) is 0 Å². The van der Waals surface area contributed by atoms with Gasteiger partial charge < -0.3 is 15.4 Å². The summed E-state index contributed by atoms with van der Waals surface area (Å²) in [6.07, 6.45) is 0.533. The van der Waals surface area contributed by atoms with Crippen molar-refractivity contribution in [2.24, 2.45) is 0 Å². The number of carbonyl (C=O) groups is 3. The smallest absolute Gasteiger partial charge is 0.306 e. The second-order valence-electron chi connectivity index (χ2n) is 5.20. The van der Waals surface area contributed by atoms with Crippen molar-refractivity contribution in [3.8, 4) is 0 Å². The third kappa shape index (κ3) is 6.78. The van der Waals surface area contributed by atoms with E-state index in [-0.39, 0.29) is 12.3 Å². The number of thiophene rings is 1. The third-order valence-corrected chi connectivity index (χ3v) is 4.69. The molecule has 2 amide bonds. The van der Waals surface area contributed by atoms with Crippen molar-refractivity contribution in [3.05, 3.63) is 50.1 Å². The van der Waals surface area contributed by atoms with Crippen LogP contribution in [-0.4, -0.2) is 30.9 Å². The van der Waals surface area contributed by atoms with Gasteiger partial charge in [-0.05, 0) is 36.1 Å². The number of benzene rings is 1. The van der Waals surface area contributed by atoms with Crippen LogP contribution in [0.25, 0.3) is 0 Å². The second-order valence-corrected chi connectivity index (χ2v) is 7.31. The lowest BCUT2D eigenvalue weighted by molar-refractivity contribution is -0.147. The average molecular weight is 460 g/mol. The van der Waals surface area contributed by atoms with Gasteiger partial charge in [0.25, 0.3) is 11.8 Å². The van der Waals surface area contributed by atoms with Crippen LogP contribution in [0, 0.1) is 0 Å². The van der Waals surface area contributed by atoms with Crippen LogP contribution in [0.4, 0.5) is 5.69 Å². The highest BCUT2D eigenvalue weighted by Crippen LogP contribution is 2.25. The summed E-state index contributed by atoms with van der Waals surface area (Å²) in [5.41, 5.74) is 1.04. The Morgan fingerprint density at radius 2 is 2.04 bits per heavy atom. The molecule has 2 aromatic rings. The molecular formula is C17H16BrClN2O4S. The highest BCUT2D eigenvalue weighted by molar-refractivity contribution is 9.10. The van der Waals surface area contributed by atoms with Crippen LogP contribution in [0.3, 0.4) is 0 Å². The largest absolute Gasteiger partial charge is 0.456 e. The van der Waals surface area contributed by atoms with E-state index in [1.54, 1.807) is 29.6 Å². The Bertz CT molecular complexity index is 783. The zero-order chi connectivity index (χ0) is 18.9. The molecule has 0 aliphatic carbocycles. The predicted octanol–water partition coefficient (Wildman–Crippen LogP) is 3.86. The predicted molar refractivity (Wildman–Crippen MR) is 105 cm³/mol. The Morgan fingerprint density at radius 3 is 2.73 bits per heavy atom. The molecule has 26 heavy (non-hydrogen) atoms. The number of halogens is 2. The number of nitrogens with one attached hydrogen (secondary N) is 2. The van der Waals surface area contributed by atoms with Crippen LogP contribution in [0.15, 0.2) is 39.5 Å². The first kappa shape index (κ1) is 20.4. The molecule has 0 unspecified atom stereocenters. The van der Waals surface area contributed by atoms with Crippen molar-refractivity contribution >= 4 is 62.3 Å². The van der Waals surface area contributed by atoms with E-state index in [2.05, 4.69) is 26.6 Å². The van der Waals surface area contributed by atoms with Crippen LogP contribution in [0.5, 0.6) is 0 Å². The lowest BCUT2D eigenvalue weighted by Crippen LogP contribution is -2.25. The van der Waals surface area contributed by atoms with Gasteiger partial charge >= 0.3 is 5.97 Å². The number of esters is 1. The summed E-state index contributed by atoms with van der Waals surface area (Å²) >= 11 is 10.7. The van der Waals surface area contributed by atoms with Crippen molar-refractivity contribution < 1.29 is 19.1 Å². The molecule has 0 atom stereocenters. The van der Waals surface area contributed by atoms with Crippen LogP contribution in [0.1, 0.15) is 23.2 Å². The lowest BCUT2D eigenvalue weighted by atomic mass is 10.3. The molecule has 0 aliphatic rings. The van der Waals surface area contributed by atoms with Gasteiger partial charge in [-0.15, -0.1) is 0 Å². The number of amides is 2. The van der Waals surface area contributed by atoms with Crippen molar-refractivity contribution in [2.75, 3.05) is 18.5 Å². The molecule has 6 nitrogen and oxygen atoms in total. The maximum Gasteiger partial charge on any atom is 0.306 e. The molecule has 1 heterocycles. The minimum Gasteiger partial charge on any atom is -0.456 e. The summed E-state index contributed by atoms with van der Waals surface area (Å²) in [7, 11) is 0. The highest BCUT2D eigenvalue weighted by Gasteiger charge is 2.10. The Hall–Kier alpha value is -1.90. The standard InChI is InChI=1S/C17H16BrClN2O4S/c18-12-3-4-14(13(19)8-12)21-15(22)9-25-16(23)2-1-6-20-17(24)11-5-7-26-10-11/h3-5,7-8,10H,1-2,6,9H2,(H,20,24)(H,21,22). The van der Waals surface area contributed by atoms with Crippen molar-refractivity contribution in [3.63, 3.8) is 0 Å². The zero-order valence-electron chi connectivity index (χ0n) is 13.6. The summed E-state index contributed by atoms with van der Waals surface area (Å²) < 4.78 is 5.69. The fourth-order valence-electron chi connectivity index (χ4n) is 1.93. The van der Waals surface area contributed by atoms with E-state index in [1.807, 2.05) is 5.38 Å². The van der Waals surface area contributed by atoms with Gasteiger partial charge in [0.2, 0.25) is 0 Å². The van der Waals surface area contributed by atoms with E-state index in [0.29, 0.717) is 29.2 Å². The molecular weight excluding hydrogens is 444 g/mol. The van der Waals surface area contributed by atoms with E-state index in [9.17, 15) is 14.4 Å². The maximum absolute atomic E-state index is 11.8. The van der Waals surface area contributed by atoms with Gasteiger partial charge in [-0.2, -0.15) is 11.3 Å². The van der Waals surface area contributed by atoms with E-state index in [0.717, 1.165) is 4.47 Å². The third-order valence-electron chi connectivity index (χ3n) is 3.20. The van der Waals surface area contributed by atoms with Gasteiger partial charge in [-0.1, -0.05) is 27.5 Å². The summed E-state index contributed by atoms with van der Waals surface area (Å²) in [6, 6.07) is 6.75. The van der Waals surface area contributed by atoms with Crippen molar-refractivity contribution in [2.45, 2.75) is 12.8 Å². The molecule has 2 N–H and O–H groups in total. The van der Waals surface area contributed by atoms with Gasteiger partial charge in [0, 0.05) is 28.4 Å². The van der Waals surface area contributed by atoms with E-state index in [4.69, 9.17) is 16.3 Å². The SMILES string of the molecule is O=C(COC(=O)CCCNC(=O)c1ccsc1)Nc1ccc(Br)cc1Cl. The van der Waals surface area contributed by atoms with E-state index < -0.39 is 18.5 Å². The molecule has 0 radical (unpaired) electrons. The van der Waals surface area contributed by atoms with Gasteiger partial charge in [0.15, 0.2) is 6.61 Å². The number of carbonyl (C=O) groups excluding carboxylic acids is 3. The minimum atomic E-state index is -0.508. The molecule has 2 rings (SSSR count). The van der Waals surface area contributed by atoms with Crippen molar-refractivity contribution in [1.29, 1.82) is 0 Å². The normalized spacial score (nSPS) is 10.2. The zero-order valence-corrected chi connectivity index (χ0v) is 16.7. The molecule has 0 saturated heterocycles. The molecule has 9 heteroatoms. The Morgan fingerprint density at radius 1 is 1.23 bits per heavy atom. The topological polar surface area (TPSA) is 84.5 Å². The van der Waals surface area contributed by atoms with E-state index >= 15 is 0 Å². The molecule has 0 aliphatic heterocycles. The molecule has 0 spiro atoms. The summed E-state index contributed by atoms with van der Waals surface area (Å²) in [5, 5.41) is 9.22. The summed E-state index contributed by atoms with van der Waals surface area (Å²) in [4.78, 5) is 35.1. The fraction of sp³-hybridized carbons (Fsp3) is 0.235. The molecule has 138 valence electrons. The molecule has 0 fully saturated rings. The number of rotatable bonds is 8. The number of hydrogen-bond donors (Lipinski definition) is 2. The fourth-order valence-corrected chi connectivity index (χ4v) is 3.28. The summed E-state index contributed by atoms with van der Waals surface area (Å²) in [6.45, 7) is -0.0447. The quantitative estimate of drug-likeness (QED) is 0.464. The van der Waals surface area contributed by atoms with Crippen LogP contribution >= 0.6 is 38.9 Å². The van der Waals surface area contributed by atoms with Gasteiger partial charge in [-0.3, -0.25) is 14.4 Å². The average Bonchev–Trinajstić information content (AvgIpc) is 3.14. The van der Waals surface area contributed by atoms with Crippen LogP contribution in [0.2, 0.25) is 5.02 Å². The monoisotopic (exact) mass is 458 g/mol. The van der Waals surface area contributed by atoms with Crippen LogP contribution < -0.4 is 10.6 Å². The number of hydrogen-bond acceptors (Lipinski definition) is 5. The molecule has 1 aromatic heterocycles. The Balaban J connectivity index is 1.62. The first-order valence-electron chi connectivity index (χ1n) is 7.66. The van der Waals surface area contributed by atoms with Crippen molar-refractivity contribution in [1.82, 2.24) is 5.32 Å². The molecule has 0 saturated carbocycles. The number of ether oxygens (including phenoxy) is 1. The second kappa shape index (κ2) is 10.3. The first-order valence-corrected chi connectivity index (χ1v) is 9.78.